The van der Waals surface area contributed by atoms with Crippen molar-refractivity contribution in [3.63, 3.8) is 0 Å². The van der Waals surface area contributed by atoms with Crippen LogP contribution in [0.3, 0.4) is 0 Å². The molecule has 0 saturated carbocycles. The number of hydrogen-bond acceptors (Lipinski definition) is 2. The van der Waals surface area contributed by atoms with E-state index in [1.807, 2.05) is 0 Å². The van der Waals surface area contributed by atoms with Gasteiger partial charge in [-0.05, 0) is 18.6 Å². The number of aromatic amines is 1. The summed E-state index contributed by atoms with van der Waals surface area (Å²) >= 11 is 4.11. The quantitative estimate of drug-likeness (QED) is 0.805. The van der Waals surface area contributed by atoms with Gasteiger partial charge in [0, 0.05) is 28.1 Å². The molecule has 3 rings (SSSR count). The lowest BCUT2D eigenvalue weighted by atomic mass is 10.1. The van der Waals surface area contributed by atoms with E-state index in [9.17, 15) is 0 Å². The third-order valence-electron chi connectivity index (χ3n) is 2.86. The van der Waals surface area contributed by atoms with E-state index in [1.54, 1.807) is 0 Å². The summed E-state index contributed by atoms with van der Waals surface area (Å²) < 4.78 is 0.623. The van der Waals surface area contributed by atoms with Gasteiger partial charge in [0.15, 0.2) is 0 Å². The van der Waals surface area contributed by atoms with Gasteiger partial charge in [-0.2, -0.15) is 0 Å². The summed E-state index contributed by atoms with van der Waals surface area (Å²) in [6.45, 7) is 2.23. The van der Waals surface area contributed by atoms with Crippen molar-refractivity contribution in [1.82, 2.24) is 4.98 Å². The molecule has 1 aromatic carbocycles. The highest BCUT2D eigenvalue weighted by Gasteiger charge is 2.22. The molecule has 15 heavy (non-hydrogen) atoms. The molecule has 1 aliphatic rings. The minimum Gasteiger partial charge on any atom is -0.357 e. The summed E-state index contributed by atoms with van der Waals surface area (Å²) in [6.07, 6.45) is 0. The predicted octanol–water partition coefficient (Wildman–Crippen LogP) is 3.95. The van der Waals surface area contributed by atoms with Crippen LogP contribution in [0.1, 0.15) is 15.8 Å². The largest absolute Gasteiger partial charge is 0.357 e. The highest BCUT2D eigenvalue weighted by atomic mass is 32.2. The number of hydrogen-bond donors (Lipinski definition) is 1. The maximum absolute atomic E-state index is 3.56. The number of aryl methyl sites for hydroxylation is 1. The van der Waals surface area contributed by atoms with E-state index in [2.05, 4.69) is 59.7 Å². The van der Waals surface area contributed by atoms with Crippen molar-refractivity contribution in [2.24, 2.45) is 0 Å². The van der Waals surface area contributed by atoms with Crippen molar-refractivity contribution >= 4 is 34.4 Å². The van der Waals surface area contributed by atoms with Gasteiger partial charge in [0.1, 0.15) is 0 Å². The second-order valence-corrected chi connectivity index (χ2v) is 6.51. The van der Waals surface area contributed by atoms with E-state index in [0.717, 1.165) is 0 Å². The highest BCUT2D eigenvalue weighted by molar-refractivity contribution is 8.19. The van der Waals surface area contributed by atoms with E-state index in [1.165, 1.54) is 33.7 Å². The van der Waals surface area contributed by atoms with Crippen LogP contribution in [0.5, 0.6) is 0 Å². The van der Waals surface area contributed by atoms with Gasteiger partial charge >= 0.3 is 0 Å². The molecule has 0 atom stereocenters. The molecule has 78 valence electrons. The lowest BCUT2D eigenvalue weighted by Crippen LogP contribution is -1.87. The Kier molecular flexibility index (Phi) is 2.45. The SMILES string of the molecule is Cc1c(C2SCCS2)[nH]c2ccccc12. The average Bonchev–Trinajstić information content (AvgIpc) is 2.87. The average molecular weight is 235 g/mol. The summed E-state index contributed by atoms with van der Waals surface area (Å²) in [5, 5.41) is 1.38. The van der Waals surface area contributed by atoms with Gasteiger partial charge in [-0.3, -0.25) is 0 Å². The van der Waals surface area contributed by atoms with Crippen molar-refractivity contribution in [1.29, 1.82) is 0 Å². The van der Waals surface area contributed by atoms with Crippen LogP contribution in [-0.2, 0) is 0 Å². The van der Waals surface area contributed by atoms with Crippen LogP contribution < -0.4 is 0 Å². The number of para-hydroxylation sites is 1. The summed E-state index contributed by atoms with van der Waals surface area (Å²) in [6, 6.07) is 8.57. The molecule has 1 aliphatic heterocycles. The molecule has 0 unspecified atom stereocenters. The van der Waals surface area contributed by atoms with Crippen molar-refractivity contribution in [3.05, 3.63) is 35.5 Å². The third kappa shape index (κ3) is 1.58. The maximum Gasteiger partial charge on any atom is 0.0903 e. The Hall–Kier alpha value is -0.540. The number of rotatable bonds is 1. The first kappa shape index (κ1) is 9.67. The molecule has 1 fully saturated rings. The molecule has 0 radical (unpaired) electrons. The summed E-state index contributed by atoms with van der Waals surface area (Å²) in [5.74, 6) is 2.56. The molecule has 2 heterocycles. The Morgan fingerprint density at radius 2 is 1.93 bits per heavy atom. The van der Waals surface area contributed by atoms with Crippen LogP contribution >= 0.6 is 23.5 Å². The van der Waals surface area contributed by atoms with Gasteiger partial charge in [-0.25, -0.2) is 0 Å². The van der Waals surface area contributed by atoms with Crippen molar-refractivity contribution in [2.45, 2.75) is 11.5 Å². The first-order chi connectivity index (χ1) is 7.36. The maximum atomic E-state index is 3.56. The molecule has 0 aliphatic carbocycles. The van der Waals surface area contributed by atoms with E-state index in [4.69, 9.17) is 0 Å². The zero-order chi connectivity index (χ0) is 10.3. The molecular weight excluding hydrogens is 222 g/mol. The number of aromatic nitrogens is 1. The summed E-state index contributed by atoms with van der Waals surface area (Å²) in [7, 11) is 0. The molecule has 1 nitrogen and oxygen atoms in total. The second kappa shape index (κ2) is 3.80. The number of fused-ring (bicyclic) bond motifs is 1. The standard InChI is InChI=1S/C12H13NS2/c1-8-9-4-2-3-5-10(9)13-11(8)12-14-6-7-15-12/h2-5,12-13H,6-7H2,1H3. The van der Waals surface area contributed by atoms with Gasteiger partial charge < -0.3 is 4.98 Å². The van der Waals surface area contributed by atoms with Gasteiger partial charge in [-0.15, -0.1) is 23.5 Å². The Bertz CT molecular complexity index is 483. The van der Waals surface area contributed by atoms with Crippen molar-refractivity contribution in [3.8, 4) is 0 Å². The first-order valence-corrected chi connectivity index (χ1v) is 7.26. The third-order valence-corrected chi connectivity index (χ3v) is 5.89. The van der Waals surface area contributed by atoms with E-state index in [0.29, 0.717) is 4.58 Å². The monoisotopic (exact) mass is 235 g/mol. The van der Waals surface area contributed by atoms with Crippen LogP contribution in [0.15, 0.2) is 24.3 Å². The molecule has 1 saturated heterocycles. The Labute approximate surface area is 98.0 Å². The smallest absolute Gasteiger partial charge is 0.0903 e. The molecule has 0 bridgehead atoms. The number of thioether (sulfide) groups is 2. The van der Waals surface area contributed by atoms with Gasteiger partial charge in [0.25, 0.3) is 0 Å². The van der Waals surface area contributed by atoms with E-state index >= 15 is 0 Å². The minimum atomic E-state index is 0.623. The topological polar surface area (TPSA) is 15.8 Å². The normalized spacial score (nSPS) is 17.7. The zero-order valence-corrected chi connectivity index (χ0v) is 10.3. The predicted molar refractivity (Wildman–Crippen MR) is 70.7 cm³/mol. The summed E-state index contributed by atoms with van der Waals surface area (Å²) in [4.78, 5) is 3.56. The Morgan fingerprint density at radius 3 is 2.67 bits per heavy atom. The fraction of sp³-hybridized carbons (Fsp3) is 0.333. The van der Waals surface area contributed by atoms with Crippen LogP contribution in [0, 0.1) is 6.92 Å². The van der Waals surface area contributed by atoms with Gasteiger partial charge in [0.05, 0.1) is 4.58 Å². The fourth-order valence-electron chi connectivity index (χ4n) is 2.06. The molecule has 1 aromatic heterocycles. The lowest BCUT2D eigenvalue weighted by Gasteiger charge is -2.06. The van der Waals surface area contributed by atoms with Crippen molar-refractivity contribution in [2.75, 3.05) is 11.5 Å². The summed E-state index contributed by atoms with van der Waals surface area (Å²) in [5.41, 5.74) is 4.12. The van der Waals surface area contributed by atoms with Gasteiger partial charge in [0.2, 0.25) is 0 Å². The molecule has 0 spiro atoms. The minimum absolute atomic E-state index is 0.623. The highest BCUT2D eigenvalue weighted by Crippen LogP contribution is 2.46. The Morgan fingerprint density at radius 1 is 1.20 bits per heavy atom. The van der Waals surface area contributed by atoms with Crippen LogP contribution in [-0.4, -0.2) is 16.5 Å². The zero-order valence-electron chi connectivity index (χ0n) is 8.62. The number of benzene rings is 1. The van der Waals surface area contributed by atoms with E-state index in [-0.39, 0.29) is 0 Å². The van der Waals surface area contributed by atoms with Crippen LogP contribution in [0.2, 0.25) is 0 Å². The van der Waals surface area contributed by atoms with E-state index < -0.39 is 0 Å². The molecular formula is C12H13NS2. The van der Waals surface area contributed by atoms with Gasteiger partial charge in [-0.1, -0.05) is 18.2 Å². The molecule has 0 amide bonds. The lowest BCUT2D eigenvalue weighted by molar-refractivity contribution is 1.21. The first-order valence-electron chi connectivity index (χ1n) is 5.16. The molecule has 1 N–H and O–H groups in total. The molecule has 2 aromatic rings. The second-order valence-electron chi connectivity index (χ2n) is 3.78. The molecule has 3 heteroatoms. The fourth-order valence-corrected chi connectivity index (χ4v) is 5.03. The van der Waals surface area contributed by atoms with Crippen LogP contribution in [0.25, 0.3) is 10.9 Å². The van der Waals surface area contributed by atoms with Crippen molar-refractivity contribution < 1.29 is 0 Å². The Balaban J connectivity index is 2.14. The number of nitrogens with one attached hydrogen (secondary N) is 1. The number of H-pyrrole nitrogens is 1. The van der Waals surface area contributed by atoms with Crippen LogP contribution in [0.4, 0.5) is 0 Å².